The number of benzene rings is 7. The van der Waals surface area contributed by atoms with Crippen molar-refractivity contribution in [2.75, 3.05) is 5.75 Å². The Hall–Kier alpha value is -4.46. The van der Waals surface area contributed by atoms with Gasteiger partial charge < -0.3 is 0 Å². The van der Waals surface area contributed by atoms with Gasteiger partial charge in [0.05, 0.1) is 0 Å². The Labute approximate surface area is 258 Å². The summed E-state index contributed by atoms with van der Waals surface area (Å²) in [6.07, 6.45) is 3.20. The van der Waals surface area contributed by atoms with E-state index in [4.69, 9.17) is 0 Å². The van der Waals surface area contributed by atoms with Crippen LogP contribution in [0.2, 0.25) is 0 Å². The predicted octanol–water partition coefficient (Wildman–Crippen LogP) is 12.8. The van der Waals surface area contributed by atoms with Gasteiger partial charge in [-0.1, -0.05) is 149 Å². The maximum absolute atomic E-state index is 4.51. The molecule has 0 spiro atoms. The second-order valence-electron chi connectivity index (χ2n) is 11.0. The molecule has 0 aliphatic rings. The first-order valence-electron chi connectivity index (χ1n) is 15.2. The van der Waals surface area contributed by atoms with Gasteiger partial charge in [-0.15, -0.1) is 0 Å². The van der Waals surface area contributed by atoms with Gasteiger partial charge in [-0.3, -0.25) is 0 Å². The number of hydrogen-bond acceptors (Lipinski definition) is 0. The van der Waals surface area contributed by atoms with E-state index in [1.54, 1.807) is 0 Å². The normalized spacial score (nSPS) is 11.9. The summed E-state index contributed by atoms with van der Waals surface area (Å²) in [5, 5.41) is 10.1. The molecule has 7 rings (SSSR count). The van der Waals surface area contributed by atoms with Gasteiger partial charge in [0.2, 0.25) is 0 Å². The molecule has 0 heterocycles. The minimum Gasteiger partial charge on any atom is -0.162 e. The van der Waals surface area contributed by atoms with Crippen LogP contribution < -0.4 is 0 Å². The van der Waals surface area contributed by atoms with E-state index in [2.05, 4.69) is 155 Å². The van der Waals surface area contributed by atoms with Gasteiger partial charge in [-0.25, -0.2) is 0 Å². The van der Waals surface area contributed by atoms with E-state index in [0.717, 1.165) is 11.3 Å². The van der Waals surface area contributed by atoms with Crippen LogP contribution in [0.3, 0.4) is 0 Å². The highest BCUT2D eigenvalue weighted by atomic mass is 32.2. The third kappa shape index (κ3) is 5.19. The highest BCUT2D eigenvalue weighted by molar-refractivity contribution is 8.14. The quantitative estimate of drug-likeness (QED) is 0.142. The molecule has 0 radical (unpaired) electrons. The zero-order chi connectivity index (χ0) is 29.9. The zero-order valence-electron chi connectivity index (χ0n) is 25.4. The van der Waals surface area contributed by atoms with Crippen LogP contribution in [0, 0.1) is 0 Å². The summed E-state index contributed by atoms with van der Waals surface area (Å²) < 4.78 is 0. The molecule has 1 atom stereocenters. The Kier molecular flexibility index (Phi) is 8.27. The average molecular weight is 575 g/mol. The first kappa shape index (κ1) is 28.6. The molecule has 0 aliphatic heterocycles. The summed E-state index contributed by atoms with van der Waals surface area (Å²) in [6, 6.07) is 44.7. The molecule has 1 heteroatoms. The zero-order valence-corrected chi connectivity index (χ0v) is 26.2. The molecule has 7 aromatic rings. The van der Waals surface area contributed by atoms with Crippen molar-refractivity contribution in [3.8, 4) is 22.3 Å². The Balaban J connectivity index is 0.00000105. The Morgan fingerprint density at radius 3 is 1.56 bits per heavy atom. The lowest BCUT2D eigenvalue weighted by atomic mass is 9.83. The van der Waals surface area contributed by atoms with Crippen LogP contribution in [-0.4, -0.2) is 11.6 Å². The molecule has 0 saturated carbocycles. The Bertz CT molecular complexity index is 2140. The van der Waals surface area contributed by atoms with Crippen molar-refractivity contribution in [3.63, 3.8) is 0 Å². The van der Waals surface area contributed by atoms with Crippen LogP contribution in [-0.2, 0) is 0 Å². The van der Waals surface area contributed by atoms with Crippen molar-refractivity contribution in [1.82, 2.24) is 0 Å². The minimum absolute atomic E-state index is 0.0636. The molecule has 0 nitrogen and oxygen atoms in total. The van der Waals surface area contributed by atoms with Crippen LogP contribution in [0.4, 0.5) is 0 Å². The van der Waals surface area contributed by atoms with E-state index in [1.807, 2.05) is 6.08 Å². The number of fused-ring (bicyclic) bond motifs is 4. The lowest BCUT2D eigenvalue weighted by molar-refractivity contribution is 1.09. The van der Waals surface area contributed by atoms with Gasteiger partial charge in [0.15, 0.2) is 0 Å². The van der Waals surface area contributed by atoms with Crippen molar-refractivity contribution in [2.45, 2.75) is 32.1 Å². The molecular formula is C42H38S. The van der Waals surface area contributed by atoms with E-state index in [0.29, 0.717) is 0 Å². The van der Waals surface area contributed by atoms with Crippen LogP contribution >= 0.6 is 10.5 Å². The fourth-order valence-electron chi connectivity index (χ4n) is 6.17. The summed E-state index contributed by atoms with van der Waals surface area (Å²) in [5.41, 5.74) is 6.22. The summed E-state index contributed by atoms with van der Waals surface area (Å²) in [7, 11) is -0.0636. The van der Waals surface area contributed by atoms with Gasteiger partial charge in [0, 0.05) is 4.90 Å². The topological polar surface area (TPSA) is 0 Å². The second kappa shape index (κ2) is 12.4. The maximum atomic E-state index is 4.51. The fraction of sp³-hybridized carbons (Fsp3) is 0.119. The van der Waals surface area contributed by atoms with Gasteiger partial charge in [-0.05, 0) is 94.9 Å². The average Bonchev–Trinajstić information content (AvgIpc) is 3.06. The minimum atomic E-state index is -0.0636. The third-order valence-electron chi connectivity index (χ3n) is 8.15. The molecule has 0 aliphatic carbocycles. The van der Waals surface area contributed by atoms with Crippen molar-refractivity contribution >= 4 is 65.5 Å². The van der Waals surface area contributed by atoms with Crippen molar-refractivity contribution in [1.29, 1.82) is 0 Å². The van der Waals surface area contributed by atoms with Crippen LogP contribution in [0.5, 0.6) is 0 Å². The molecule has 1 unspecified atom stereocenters. The molecule has 0 fully saturated rings. The Morgan fingerprint density at radius 2 is 1.02 bits per heavy atom. The van der Waals surface area contributed by atoms with Crippen molar-refractivity contribution < 1.29 is 0 Å². The van der Waals surface area contributed by atoms with Crippen LogP contribution in [0.15, 0.2) is 133 Å². The molecule has 0 saturated heterocycles. The van der Waals surface area contributed by atoms with E-state index >= 15 is 0 Å². The summed E-state index contributed by atoms with van der Waals surface area (Å²) in [5.74, 6) is 5.54. The molecule has 0 bridgehead atoms. The van der Waals surface area contributed by atoms with Gasteiger partial charge in [0.1, 0.15) is 0 Å². The standard InChI is InChI=1S/C39H30S.C3H8/c1-4-26-20-22-34-36(24-26)38(32-18-10-14-27-12-6-8-16-30(27)32)35-23-21-29(40(3)5-2)25-37(35)39(34)33-19-11-15-28-13-7-9-17-31(28)33;1-3-2/h4,6-25H,1,3,5H2,2H3;3H2,1-2H3. The third-order valence-corrected chi connectivity index (χ3v) is 9.76. The smallest absolute Gasteiger partial charge is 0.00176 e. The molecule has 0 aromatic heterocycles. The SMILES string of the molecule is C=Cc1ccc2c(-c3cccc4ccccc34)c3cc(S(=C)CC)ccc3c(-c3cccc4ccccc34)c2c1.CCC. The lowest BCUT2D eigenvalue weighted by Crippen LogP contribution is -1.94. The van der Waals surface area contributed by atoms with E-state index in [9.17, 15) is 0 Å². The summed E-state index contributed by atoms with van der Waals surface area (Å²) >= 11 is 0. The van der Waals surface area contributed by atoms with Gasteiger partial charge in [0.25, 0.3) is 0 Å². The van der Waals surface area contributed by atoms with E-state index in [-0.39, 0.29) is 10.5 Å². The second-order valence-corrected chi connectivity index (χ2v) is 13.0. The molecule has 212 valence electrons. The first-order chi connectivity index (χ1) is 21.1. The lowest BCUT2D eigenvalue weighted by Gasteiger charge is -2.21. The molecule has 7 aromatic carbocycles. The van der Waals surface area contributed by atoms with Gasteiger partial charge >= 0.3 is 0 Å². The Morgan fingerprint density at radius 1 is 0.535 bits per heavy atom. The predicted molar refractivity (Wildman–Crippen MR) is 197 cm³/mol. The fourth-order valence-corrected chi connectivity index (χ4v) is 7.04. The van der Waals surface area contributed by atoms with Crippen molar-refractivity contribution in [3.05, 3.63) is 133 Å². The monoisotopic (exact) mass is 574 g/mol. The first-order valence-corrected chi connectivity index (χ1v) is 16.8. The van der Waals surface area contributed by atoms with E-state index in [1.165, 1.54) is 76.7 Å². The van der Waals surface area contributed by atoms with Crippen LogP contribution in [0.1, 0.15) is 32.8 Å². The molecule has 43 heavy (non-hydrogen) atoms. The molecule has 0 N–H and O–H groups in total. The summed E-state index contributed by atoms with van der Waals surface area (Å²) in [4.78, 5) is 1.31. The highest BCUT2D eigenvalue weighted by Crippen LogP contribution is 2.48. The van der Waals surface area contributed by atoms with Gasteiger partial charge in [-0.2, -0.15) is 10.5 Å². The largest absolute Gasteiger partial charge is 0.162 e. The molecular weight excluding hydrogens is 537 g/mol. The van der Waals surface area contributed by atoms with Crippen molar-refractivity contribution in [2.24, 2.45) is 0 Å². The summed E-state index contributed by atoms with van der Waals surface area (Å²) in [6.45, 7) is 10.6. The highest BCUT2D eigenvalue weighted by Gasteiger charge is 2.20. The number of rotatable bonds is 5. The van der Waals surface area contributed by atoms with Crippen LogP contribution in [0.25, 0.3) is 71.4 Å². The maximum Gasteiger partial charge on any atom is 0.00176 e. The molecule has 0 amide bonds. The number of hydrogen-bond donors (Lipinski definition) is 0. The van der Waals surface area contributed by atoms with E-state index < -0.39 is 0 Å².